The molecule has 1 heteroatoms. The summed E-state index contributed by atoms with van der Waals surface area (Å²) in [5, 5.41) is 0. The smallest absolute Gasteiger partial charge is 0.0195 e. The van der Waals surface area contributed by atoms with Gasteiger partial charge < -0.3 is 5.73 Å². The monoisotopic (exact) mass is 103 g/mol. The highest BCUT2D eigenvalue weighted by atomic mass is 14.4. The Hall–Kier alpha value is -0.300. The Kier molecular flexibility index (Phi) is 584. The summed E-state index contributed by atoms with van der Waals surface area (Å²) in [6.07, 6.45) is 1.75. The van der Waals surface area contributed by atoms with Gasteiger partial charge in [-0.2, -0.15) is 0 Å². The van der Waals surface area contributed by atoms with Crippen molar-refractivity contribution in [1.29, 1.82) is 0 Å². The Labute approximate surface area is 47.2 Å². The van der Waals surface area contributed by atoms with Gasteiger partial charge in [0.1, 0.15) is 0 Å². The molecule has 0 aliphatic rings. The topological polar surface area (TPSA) is 26.0 Å². The Morgan fingerprint density at radius 2 is 1.29 bits per heavy atom. The molecule has 0 bridgehead atoms. The van der Waals surface area contributed by atoms with Crippen molar-refractivity contribution < 1.29 is 0 Å². The van der Waals surface area contributed by atoms with E-state index >= 15 is 0 Å². The van der Waals surface area contributed by atoms with E-state index < -0.39 is 0 Å². The average Bonchev–Trinajstić information content (AvgIpc) is 1.78. The summed E-state index contributed by atoms with van der Waals surface area (Å²) in [5.74, 6) is 0. The minimum absolute atomic E-state index is 1.50. The van der Waals surface area contributed by atoms with Crippen LogP contribution in [-0.2, 0) is 0 Å². The lowest BCUT2D eigenvalue weighted by molar-refractivity contribution is 1.48. The molecule has 0 aromatic rings. The number of hydrogen-bond donors (Lipinski definition) is 1. The van der Waals surface area contributed by atoms with Gasteiger partial charge >= 0.3 is 0 Å². The second-order valence-electron chi connectivity index (χ2n) is 0.408. The van der Waals surface area contributed by atoms with E-state index in [1.807, 2.05) is 20.8 Å². The molecule has 0 heterocycles. The molecule has 0 aromatic heterocycles. The first-order valence-corrected chi connectivity index (χ1v) is 2.56. The highest BCUT2D eigenvalue weighted by Crippen LogP contribution is 1.38. The normalized spacial score (nSPS) is 3.57. The molecule has 0 aromatic carbocycles. The van der Waals surface area contributed by atoms with Crippen LogP contribution in [-0.4, -0.2) is 7.05 Å². The molecule has 0 amide bonds. The number of hydrogen-bond acceptors (Lipinski definition) is 1. The molecular formula is C6H17N. The third-order valence-corrected chi connectivity index (χ3v) is 0. The van der Waals surface area contributed by atoms with E-state index in [0.717, 1.165) is 0 Å². The van der Waals surface area contributed by atoms with Crippen LogP contribution in [0.2, 0.25) is 0 Å². The van der Waals surface area contributed by atoms with Crippen molar-refractivity contribution in [2.45, 2.75) is 20.8 Å². The third kappa shape index (κ3) is 867. The predicted molar refractivity (Wildman–Crippen MR) is 37.3 cm³/mol. The van der Waals surface area contributed by atoms with Gasteiger partial charge in [0, 0.05) is 0 Å². The summed E-state index contributed by atoms with van der Waals surface area (Å²) in [7, 11) is 1.50. The van der Waals surface area contributed by atoms with E-state index in [9.17, 15) is 0 Å². The number of nitrogens with two attached hydrogens (primary N) is 1. The Morgan fingerprint density at radius 1 is 1.29 bits per heavy atom. The van der Waals surface area contributed by atoms with Crippen molar-refractivity contribution >= 4 is 0 Å². The molecule has 0 atom stereocenters. The van der Waals surface area contributed by atoms with Gasteiger partial charge in [-0.25, -0.2) is 0 Å². The highest BCUT2D eigenvalue weighted by Gasteiger charge is 1.15. The second kappa shape index (κ2) is 257. The lowest BCUT2D eigenvalue weighted by Crippen LogP contribution is -1.69. The van der Waals surface area contributed by atoms with Gasteiger partial charge in [-0.1, -0.05) is 19.9 Å². The molecule has 0 saturated heterocycles. The maximum Gasteiger partial charge on any atom is -0.0195 e. The van der Waals surface area contributed by atoms with Crippen molar-refractivity contribution in [1.82, 2.24) is 0 Å². The molecule has 0 aliphatic heterocycles. The molecule has 0 fully saturated rings. The van der Waals surface area contributed by atoms with Gasteiger partial charge in [-0.05, 0) is 14.0 Å². The Bertz CT molecular complexity index is 11.7. The van der Waals surface area contributed by atoms with Crippen LogP contribution in [0.5, 0.6) is 0 Å². The van der Waals surface area contributed by atoms with Crippen LogP contribution < -0.4 is 5.73 Å². The molecule has 2 N–H and O–H groups in total. The van der Waals surface area contributed by atoms with E-state index in [0.29, 0.717) is 0 Å². The van der Waals surface area contributed by atoms with Crippen LogP contribution in [0.1, 0.15) is 20.8 Å². The second-order valence-corrected chi connectivity index (χ2v) is 0.408. The SMILES string of the molecule is C=CC.CC.CN. The molecule has 0 unspecified atom stereocenters. The zero-order chi connectivity index (χ0) is 6.71. The minimum Gasteiger partial charge on any atom is -0.333 e. The summed E-state index contributed by atoms with van der Waals surface area (Å²) in [6.45, 7) is 9.25. The molecule has 7 heavy (non-hydrogen) atoms. The molecular weight excluding hydrogens is 86.1 g/mol. The zero-order valence-corrected chi connectivity index (χ0v) is 5.86. The maximum absolute atomic E-state index is 4.50. The summed E-state index contributed by atoms with van der Waals surface area (Å²) < 4.78 is 0. The lowest BCUT2D eigenvalue weighted by Gasteiger charge is -1.31. The number of allylic oxidation sites excluding steroid dienone is 1. The first-order chi connectivity index (χ1) is 3.41. The van der Waals surface area contributed by atoms with Gasteiger partial charge in [0.25, 0.3) is 0 Å². The lowest BCUT2D eigenvalue weighted by atomic mass is 10.8. The van der Waals surface area contributed by atoms with Crippen molar-refractivity contribution in [3.8, 4) is 0 Å². The summed E-state index contributed by atoms with van der Waals surface area (Å²) in [6, 6.07) is 0. The first kappa shape index (κ1) is 15.9. The van der Waals surface area contributed by atoms with Gasteiger partial charge in [0.15, 0.2) is 0 Å². The van der Waals surface area contributed by atoms with Crippen LogP contribution >= 0.6 is 0 Å². The fraction of sp³-hybridized carbons (Fsp3) is 0.667. The van der Waals surface area contributed by atoms with E-state index in [4.69, 9.17) is 0 Å². The average molecular weight is 103 g/mol. The maximum atomic E-state index is 4.50. The zero-order valence-electron chi connectivity index (χ0n) is 5.86. The standard InChI is InChI=1S/C3H6.C2H6.CH5N/c1-3-2;2*1-2/h3H,1H2,2H3;1-2H3;2H2,1H3. The fourth-order valence-electron chi connectivity index (χ4n) is 0. The summed E-state index contributed by atoms with van der Waals surface area (Å²) in [4.78, 5) is 0. The van der Waals surface area contributed by atoms with Gasteiger partial charge in [-0.15, -0.1) is 6.58 Å². The minimum atomic E-state index is 1.50. The molecule has 0 radical (unpaired) electrons. The first-order valence-electron chi connectivity index (χ1n) is 2.56. The van der Waals surface area contributed by atoms with E-state index in [-0.39, 0.29) is 0 Å². The molecule has 1 nitrogen and oxygen atoms in total. The largest absolute Gasteiger partial charge is 0.333 e. The van der Waals surface area contributed by atoms with Crippen LogP contribution in [0.3, 0.4) is 0 Å². The van der Waals surface area contributed by atoms with E-state index in [1.54, 1.807) is 6.08 Å². The molecule has 46 valence electrons. The van der Waals surface area contributed by atoms with E-state index in [2.05, 4.69) is 12.3 Å². The quantitative estimate of drug-likeness (QED) is 0.465. The Morgan fingerprint density at radius 3 is 1.29 bits per heavy atom. The van der Waals surface area contributed by atoms with Gasteiger partial charge in [-0.3, -0.25) is 0 Å². The van der Waals surface area contributed by atoms with Crippen LogP contribution in [0, 0.1) is 0 Å². The molecule has 0 aliphatic carbocycles. The summed E-state index contributed by atoms with van der Waals surface area (Å²) >= 11 is 0. The molecule has 0 spiro atoms. The van der Waals surface area contributed by atoms with Crippen molar-refractivity contribution in [2.24, 2.45) is 5.73 Å². The molecule has 0 saturated carbocycles. The fourth-order valence-corrected chi connectivity index (χ4v) is 0. The van der Waals surface area contributed by atoms with Crippen molar-refractivity contribution in [2.75, 3.05) is 7.05 Å². The highest BCUT2D eigenvalue weighted by molar-refractivity contribution is 4.51. The van der Waals surface area contributed by atoms with Crippen molar-refractivity contribution in [3.63, 3.8) is 0 Å². The predicted octanol–water partition coefficient (Wildman–Crippen LogP) is 1.79. The molecule has 0 rings (SSSR count). The van der Waals surface area contributed by atoms with Crippen LogP contribution in [0.25, 0.3) is 0 Å². The Balaban J connectivity index is -0.0000000360. The van der Waals surface area contributed by atoms with Gasteiger partial charge in [0.05, 0.1) is 0 Å². The van der Waals surface area contributed by atoms with Crippen LogP contribution in [0.15, 0.2) is 12.7 Å². The van der Waals surface area contributed by atoms with E-state index in [1.165, 1.54) is 7.05 Å². The van der Waals surface area contributed by atoms with Crippen molar-refractivity contribution in [3.05, 3.63) is 12.7 Å². The van der Waals surface area contributed by atoms with Gasteiger partial charge in [0.2, 0.25) is 0 Å². The number of rotatable bonds is 0. The van der Waals surface area contributed by atoms with Crippen LogP contribution in [0.4, 0.5) is 0 Å². The summed E-state index contributed by atoms with van der Waals surface area (Å²) in [5.41, 5.74) is 4.50. The third-order valence-electron chi connectivity index (χ3n) is 0.